The zero-order chi connectivity index (χ0) is 13.7. The molecule has 0 aliphatic carbocycles. The molecule has 0 unspecified atom stereocenters. The van der Waals surface area contributed by atoms with Crippen LogP contribution in [-0.2, 0) is 11.2 Å². The summed E-state index contributed by atoms with van der Waals surface area (Å²) in [5.41, 5.74) is 6.77. The lowest BCUT2D eigenvalue weighted by Crippen LogP contribution is -2.37. The summed E-state index contributed by atoms with van der Waals surface area (Å²) in [6, 6.07) is 12.9. The van der Waals surface area contributed by atoms with Gasteiger partial charge in [0.2, 0.25) is 11.9 Å². The van der Waals surface area contributed by atoms with Crippen LogP contribution in [0.3, 0.4) is 0 Å². The normalized spacial score (nSPS) is 11.9. The Kier molecular flexibility index (Phi) is 4.20. The summed E-state index contributed by atoms with van der Waals surface area (Å²) in [5.74, 6) is -0.870. The summed E-state index contributed by atoms with van der Waals surface area (Å²) in [6.07, 6.45) is 0.419. The van der Waals surface area contributed by atoms with Gasteiger partial charge in [-0.25, -0.2) is 4.98 Å². The van der Waals surface area contributed by atoms with Gasteiger partial charge in [0.15, 0.2) is 0 Å². The highest BCUT2D eigenvalue weighted by atomic mass is 19.1. The minimum absolute atomic E-state index is 0.161. The van der Waals surface area contributed by atoms with Gasteiger partial charge in [-0.15, -0.1) is 0 Å². The summed E-state index contributed by atoms with van der Waals surface area (Å²) >= 11 is 0. The van der Waals surface area contributed by atoms with Crippen molar-refractivity contribution >= 4 is 11.7 Å². The van der Waals surface area contributed by atoms with E-state index in [1.807, 2.05) is 30.3 Å². The van der Waals surface area contributed by atoms with Crippen molar-refractivity contribution in [3.8, 4) is 0 Å². The third-order valence-corrected chi connectivity index (χ3v) is 2.60. The Bertz CT molecular complexity index is 560. The van der Waals surface area contributed by atoms with Gasteiger partial charge in [-0.05, 0) is 24.1 Å². The Morgan fingerprint density at radius 2 is 1.95 bits per heavy atom. The number of nitrogens with two attached hydrogens (primary N) is 1. The van der Waals surface area contributed by atoms with Crippen LogP contribution in [0.25, 0.3) is 0 Å². The molecule has 0 spiro atoms. The zero-order valence-electron chi connectivity index (χ0n) is 10.2. The first kappa shape index (κ1) is 13.2. The van der Waals surface area contributed by atoms with Gasteiger partial charge in [-0.3, -0.25) is 4.79 Å². The zero-order valence-corrected chi connectivity index (χ0v) is 10.2. The van der Waals surface area contributed by atoms with Gasteiger partial charge < -0.3 is 11.1 Å². The van der Waals surface area contributed by atoms with Crippen LogP contribution in [0.5, 0.6) is 0 Å². The fraction of sp³-hybridized carbons (Fsp3) is 0.143. The number of pyridine rings is 1. The highest BCUT2D eigenvalue weighted by Crippen LogP contribution is 2.06. The molecule has 19 heavy (non-hydrogen) atoms. The molecule has 1 aromatic carbocycles. The molecular formula is C14H14FN3O. The lowest BCUT2D eigenvalue weighted by atomic mass is 10.1. The average molecular weight is 259 g/mol. The molecule has 0 saturated heterocycles. The topological polar surface area (TPSA) is 68.0 Å². The minimum atomic E-state index is -0.701. The van der Waals surface area contributed by atoms with Crippen molar-refractivity contribution in [2.24, 2.45) is 5.73 Å². The molecule has 0 radical (unpaired) electrons. The predicted molar refractivity (Wildman–Crippen MR) is 70.9 cm³/mol. The van der Waals surface area contributed by atoms with Crippen molar-refractivity contribution in [2.75, 3.05) is 5.32 Å². The Hall–Kier alpha value is -2.27. The molecule has 98 valence electrons. The predicted octanol–water partition coefficient (Wildman–Crippen LogP) is 1.73. The summed E-state index contributed by atoms with van der Waals surface area (Å²) in [4.78, 5) is 15.4. The van der Waals surface area contributed by atoms with Gasteiger partial charge >= 0.3 is 0 Å². The van der Waals surface area contributed by atoms with E-state index in [1.54, 1.807) is 0 Å². The molecule has 4 nitrogen and oxygen atoms in total. The van der Waals surface area contributed by atoms with E-state index < -0.39 is 12.0 Å². The van der Waals surface area contributed by atoms with Crippen LogP contribution < -0.4 is 11.1 Å². The number of carbonyl (C=O) groups excluding carboxylic acids is 1. The number of rotatable bonds is 4. The molecule has 1 amide bonds. The minimum Gasteiger partial charge on any atom is -0.320 e. The molecule has 3 N–H and O–H groups in total. The standard InChI is InChI=1S/C14H14FN3O/c15-12-7-4-8-13(17-12)18-14(19)11(16)9-10-5-2-1-3-6-10/h1-8,11H,9,16H2,(H,17,18,19)/t11-/m0/s1. The molecule has 1 heterocycles. The summed E-state index contributed by atoms with van der Waals surface area (Å²) < 4.78 is 12.9. The van der Waals surface area contributed by atoms with Crippen LogP contribution in [0.15, 0.2) is 48.5 Å². The largest absolute Gasteiger partial charge is 0.320 e. The van der Waals surface area contributed by atoms with Gasteiger partial charge in [0.05, 0.1) is 6.04 Å². The fourth-order valence-corrected chi connectivity index (χ4v) is 1.66. The number of amides is 1. The van der Waals surface area contributed by atoms with Crippen molar-refractivity contribution in [3.63, 3.8) is 0 Å². The fourth-order valence-electron chi connectivity index (χ4n) is 1.66. The molecular weight excluding hydrogens is 245 g/mol. The van der Waals surface area contributed by atoms with Crippen LogP contribution in [0.1, 0.15) is 5.56 Å². The SMILES string of the molecule is N[C@@H](Cc1ccccc1)C(=O)Nc1cccc(F)n1. The molecule has 0 fully saturated rings. The smallest absolute Gasteiger partial charge is 0.242 e. The van der Waals surface area contributed by atoms with E-state index >= 15 is 0 Å². The van der Waals surface area contributed by atoms with Gasteiger partial charge in [0, 0.05) is 0 Å². The van der Waals surface area contributed by atoms with Crippen molar-refractivity contribution in [3.05, 3.63) is 60.0 Å². The molecule has 5 heteroatoms. The first-order chi connectivity index (χ1) is 9.15. The van der Waals surface area contributed by atoms with Gasteiger partial charge in [-0.1, -0.05) is 36.4 Å². The number of halogens is 1. The molecule has 1 aromatic heterocycles. The second-order valence-electron chi connectivity index (χ2n) is 4.13. The number of benzene rings is 1. The van der Waals surface area contributed by atoms with Crippen molar-refractivity contribution in [1.29, 1.82) is 0 Å². The number of hydrogen-bond donors (Lipinski definition) is 2. The van der Waals surface area contributed by atoms with Crippen LogP contribution in [0.2, 0.25) is 0 Å². The second-order valence-corrected chi connectivity index (χ2v) is 4.13. The van der Waals surface area contributed by atoms with Crippen LogP contribution in [0.4, 0.5) is 10.2 Å². The maximum atomic E-state index is 12.9. The number of nitrogens with zero attached hydrogens (tertiary/aromatic N) is 1. The summed E-state index contributed by atoms with van der Waals surface area (Å²) in [6.45, 7) is 0. The van der Waals surface area contributed by atoms with Crippen LogP contribution in [0, 0.1) is 5.95 Å². The van der Waals surface area contributed by atoms with E-state index in [4.69, 9.17) is 5.73 Å². The Morgan fingerprint density at radius 3 is 2.63 bits per heavy atom. The molecule has 0 saturated carbocycles. The Morgan fingerprint density at radius 1 is 1.21 bits per heavy atom. The molecule has 1 atom stereocenters. The number of anilines is 1. The van der Waals surface area contributed by atoms with Crippen molar-refractivity contribution in [2.45, 2.75) is 12.5 Å². The van der Waals surface area contributed by atoms with E-state index in [-0.39, 0.29) is 11.7 Å². The highest BCUT2D eigenvalue weighted by Gasteiger charge is 2.14. The van der Waals surface area contributed by atoms with Crippen LogP contribution in [-0.4, -0.2) is 16.9 Å². The van der Waals surface area contributed by atoms with E-state index in [2.05, 4.69) is 10.3 Å². The van der Waals surface area contributed by atoms with Crippen molar-refractivity contribution < 1.29 is 9.18 Å². The van der Waals surface area contributed by atoms with Crippen molar-refractivity contribution in [1.82, 2.24) is 4.98 Å². The van der Waals surface area contributed by atoms with Gasteiger partial charge in [0.25, 0.3) is 0 Å². The number of nitrogens with one attached hydrogen (secondary N) is 1. The molecule has 0 aliphatic rings. The van der Waals surface area contributed by atoms with Crippen LogP contribution >= 0.6 is 0 Å². The first-order valence-corrected chi connectivity index (χ1v) is 5.88. The second kappa shape index (κ2) is 6.06. The average Bonchev–Trinajstić information content (AvgIpc) is 2.40. The molecule has 2 aromatic rings. The lowest BCUT2D eigenvalue weighted by Gasteiger charge is -2.11. The number of carbonyl (C=O) groups is 1. The maximum Gasteiger partial charge on any atom is 0.242 e. The lowest BCUT2D eigenvalue weighted by molar-refractivity contribution is -0.117. The molecule has 2 rings (SSSR count). The van der Waals surface area contributed by atoms with E-state index in [1.165, 1.54) is 18.2 Å². The van der Waals surface area contributed by atoms with E-state index in [0.29, 0.717) is 6.42 Å². The first-order valence-electron chi connectivity index (χ1n) is 5.88. The maximum absolute atomic E-state index is 12.9. The molecule has 0 bridgehead atoms. The molecule has 0 aliphatic heterocycles. The van der Waals surface area contributed by atoms with E-state index in [9.17, 15) is 9.18 Å². The van der Waals surface area contributed by atoms with Gasteiger partial charge in [0.1, 0.15) is 5.82 Å². The highest BCUT2D eigenvalue weighted by molar-refractivity contribution is 5.94. The quantitative estimate of drug-likeness (QED) is 0.822. The Balaban J connectivity index is 1.96. The Labute approximate surface area is 110 Å². The van der Waals surface area contributed by atoms with Gasteiger partial charge in [-0.2, -0.15) is 4.39 Å². The van der Waals surface area contributed by atoms with E-state index in [0.717, 1.165) is 5.56 Å². The monoisotopic (exact) mass is 259 g/mol. The third kappa shape index (κ3) is 3.86. The summed E-state index contributed by atoms with van der Waals surface area (Å²) in [7, 11) is 0. The number of hydrogen-bond acceptors (Lipinski definition) is 3. The summed E-state index contributed by atoms with van der Waals surface area (Å²) in [5, 5.41) is 2.49. The third-order valence-electron chi connectivity index (χ3n) is 2.60. The number of aromatic nitrogens is 1.